The van der Waals surface area contributed by atoms with Crippen LogP contribution in [0.4, 0.5) is 0 Å². The molecule has 1 aliphatic carbocycles. The lowest BCUT2D eigenvalue weighted by molar-refractivity contribution is -0.123. The quantitative estimate of drug-likeness (QED) is 0.793. The summed E-state index contributed by atoms with van der Waals surface area (Å²) in [6, 6.07) is 8.16. The zero-order chi connectivity index (χ0) is 11.8. The lowest BCUT2D eigenvalue weighted by Gasteiger charge is -2.24. The second kappa shape index (κ2) is 4.09. The fraction of sp³-hybridized carbons (Fsp3) is 0.357. The number of aliphatic hydroxyl groups is 1. The Kier molecular flexibility index (Phi) is 2.57. The van der Waals surface area contributed by atoms with Crippen LogP contribution in [0.25, 0.3) is 5.57 Å². The standard InChI is InChI=1S/C14H15NO2/c16-8-14(17)13-6-12-10(7-15-13)5-9-3-1-2-4-11(9)12/h1-4,13,15-16H,5-8H2/t13-/m0/s1. The molecule has 17 heavy (non-hydrogen) atoms. The van der Waals surface area contributed by atoms with Gasteiger partial charge in [-0.1, -0.05) is 24.3 Å². The summed E-state index contributed by atoms with van der Waals surface area (Å²) in [5.41, 5.74) is 5.36. The summed E-state index contributed by atoms with van der Waals surface area (Å²) < 4.78 is 0. The van der Waals surface area contributed by atoms with Gasteiger partial charge in [0.05, 0.1) is 6.04 Å². The van der Waals surface area contributed by atoms with Crippen LogP contribution in [-0.4, -0.2) is 30.1 Å². The van der Waals surface area contributed by atoms with Crippen LogP contribution >= 0.6 is 0 Å². The first-order chi connectivity index (χ1) is 8.29. The highest BCUT2D eigenvalue weighted by atomic mass is 16.3. The second-order valence-electron chi connectivity index (χ2n) is 4.68. The van der Waals surface area contributed by atoms with Crippen LogP contribution in [0.5, 0.6) is 0 Å². The van der Waals surface area contributed by atoms with Crippen molar-refractivity contribution in [3.63, 3.8) is 0 Å². The SMILES string of the molecule is O=C(CO)[C@@H]1CC2=C(CN1)Cc1ccccc12. The molecule has 0 bridgehead atoms. The number of carbonyl (C=O) groups is 1. The topological polar surface area (TPSA) is 49.3 Å². The molecule has 3 rings (SSSR count). The van der Waals surface area contributed by atoms with Crippen molar-refractivity contribution in [2.45, 2.75) is 18.9 Å². The Morgan fingerprint density at radius 3 is 3.06 bits per heavy atom. The number of hydrogen-bond acceptors (Lipinski definition) is 3. The third-order valence-electron chi connectivity index (χ3n) is 3.69. The van der Waals surface area contributed by atoms with E-state index in [0.29, 0.717) is 6.42 Å². The van der Waals surface area contributed by atoms with Crippen molar-refractivity contribution >= 4 is 11.4 Å². The van der Waals surface area contributed by atoms with Crippen molar-refractivity contribution < 1.29 is 9.90 Å². The zero-order valence-electron chi connectivity index (χ0n) is 9.57. The molecule has 0 saturated heterocycles. The average molecular weight is 229 g/mol. The van der Waals surface area contributed by atoms with Crippen LogP contribution < -0.4 is 5.32 Å². The highest BCUT2D eigenvalue weighted by Crippen LogP contribution is 2.37. The van der Waals surface area contributed by atoms with Crippen LogP contribution in [0.1, 0.15) is 17.5 Å². The summed E-state index contributed by atoms with van der Waals surface area (Å²) in [5.74, 6) is -0.110. The van der Waals surface area contributed by atoms with E-state index in [2.05, 4.69) is 23.5 Å². The van der Waals surface area contributed by atoms with Crippen LogP contribution in [0.3, 0.4) is 0 Å². The number of carbonyl (C=O) groups excluding carboxylic acids is 1. The molecule has 0 radical (unpaired) electrons. The summed E-state index contributed by atoms with van der Waals surface area (Å²) in [5, 5.41) is 12.1. The minimum Gasteiger partial charge on any atom is -0.389 e. The molecule has 2 N–H and O–H groups in total. The van der Waals surface area contributed by atoms with Crippen molar-refractivity contribution in [1.82, 2.24) is 5.32 Å². The number of ketones is 1. The minimum absolute atomic E-state index is 0.110. The molecule has 1 heterocycles. The van der Waals surface area contributed by atoms with Crippen LogP contribution in [0.2, 0.25) is 0 Å². The predicted octanol–water partition coefficient (Wildman–Crippen LogP) is 0.920. The van der Waals surface area contributed by atoms with E-state index >= 15 is 0 Å². The third kappa shape index (κ3) is 1.72. The molecule has 0 spiro atoms. The molecule has 0 amide bonds. The van der Waals surface area contributed by atoms with Gasteiger partial charge in [-0.15, -0.1) is 0 Å². The Morgan fingerprint density at radius 1 is 1.41 bits per heavy atom. The van der Waals surface area contributed by atoms with Gasteiger partial charge in [-0.2, -0.15) is 0 Å². The van der Waals surface area contributed by atoms with E-state index < -0.39 is 0 Å². The van der Waals surface area contributed by atoms with Crippen LogP contribution in [-0.2, 0) is 11.2 Å². The Labute approximate surface area is 100 Å². The van der Waals surface area contributed by atoms with E-state index in [-0.39, 0.29) is 18.4 Å². The first kappa shape index (κ1) is 10.7. The maximum absolute atomic E-state index is 11.5. The Hall–Kier alpha value is -1.45. The molecule has 1 aliphatic heterocycles. The molecule has 3 nitrogen and oxygen atoms in total. The van der Waals surface area contributed by atoms with Gasteiger partial charge in [-0.25, -0.2) is 0 Å². The van der Waals surface area contributed by atoms with Gasteiger partial charge in [0.2, 0.25) is 0 Å². The normalized spacial score (nSPS) is 22.3. The summed E-state index contributed by atoms with van der Waals surface area (Å²) in [6.07, 6.45) is 1.71. The molecular weight excluding hydrogens is 214 g/mol. The maximum atomic E-state index is 11.5. The highest BCUT2D eigenvalue weighted by Gasteiger charge is 2.30. The van der Waals surface area contributed by atoms with Gasteiger partial charge in [0.15, 0.2) is 5.78 Å². The molecule has 0 aromatic heterocycles. The average Bonchev–Trinajstić information content (AvgIpc) is 2.75. The first-order valence-corrected chi connectivity index (χ1v) is 5.95. The predicted molar refractivity (Wildman–Crippen MR) is 65.6 cm³/mol. The summed E-state index contributed by atoms with van der Waals surface area (Å²) in [4.78, 5) is 11.5. The highest BCUT2D eigenvalue weighted by molar-refractivity contribution is 5.89. The monoisotopic (exact) mass is 229 g/mol. The van der Waals surface area contributed by atoms with Crippen molar-refractivity contribution in [3.05, 3.63) is 41.0 Å². The van der Waals surface area contributed by atoms with E-state index in [4.69, 9.17) is 5.11 Å². The Balaban J connectivity index is 1.91. The van der Waals surface area contributed by atoms with E-state index in [1.54, 1.807) is 0 Å². The molecule has 0 saturated carbocycles. The Morgan fingerprint density at radius 2 is 2.24 bits per heavy atom. The lowest BCUT2D eigenvalue weighted by Crippen LogP contribution is -2.42. The van der Waals surface area contributed by atoms with E-state index in [1.807, 2.05) is 6.07 Å². The summed E-state index contributed by atoms with van der Waals surface area (Å²) in [6.45, 7) is 0.391. The van der Waals surface area contributed by atoms with E-state index in [9.17, 15) is 4.79 Å². The third-order valence-corrected chi connectivity index (χ3v) is 3.69. The summed E-state index contributed by atoms with van der Waals surface area (Å²) in [7, 11) is 0. The largest absolute Gasteiger partial charge is 0.389 e. The number of Topliss-reactive ketones (excluding diaryl/α,β-unsaturated/α-hetero) is 1. The molecule has 1 aromatic carbocycles. The molecule has 88 valence electrons. The second-order valence-corrected chi connectivity index (χ2v) is 4.68. The van der Waals surface area contributed by atoms with E-state index in [1.165, 1.54) is 22.3 Å². The number of aliphatic hydroxyl groups excluding tert-OH is 1. The molecule has 0 unspecified atom stereocenters. The maximum Gasteiger partial charge on any atom is 0.175 e. The number of hydrogen-bond donors (Lipinski definition) is 2. The number of fused-ring (bicyclic) bond motifs is 2. The van der Waals surface area contributed by atoms with Crippen molar-refractivity contribution in [2.24, 2.45) is 0 Å². The van der Waals surface area contributed by atoms with Gasteiger partial charge in [0.1, 0.15) is 6.61 Å². The molecule has 2 aliphatic rings. The fourth-order valence-electron chi connectivity index (χ4n) is 2.78. The first-order valence-electron chi connectivity index (χ1n) is 5.95. The summed E-state index contributed by atoms with van der Waals surface area (Å²) >= 11 is 0. The smallest absolute Gasteiger partial charge is 0.175 e. The molecule has 0 fully saturated rings. The van der Waals surface area contributed by atoms with Crippen LogP contribution in [0.15, 0.2) is 29.8 Å². The fourth-order valence-corrected chi connectivity index (χ4v) is 2.78. The molecule has 1 atom stereocenters. The minimum atomic E-state index is -0.373. The number of nitrogens with one attached hydrogen (secondary N) is 1. The van der Waals surface area contributed by atoms with Crippen LogP contribution in [0, 0.1) is 0 Å². The van der Waals surface area contributed by atoms with Crippen molar-refractivity contribution in [1.29, 1.82) is 0 Å². The van der Waals surface area contributed by atoms with Gasteiger partial charge >= 0.3 is 0 Å². The van der Waals surface area contributed by atoms with Crippen molar-refractivity contribution in [2.75, 3.05) is 13.2 Å². The molecule has 3 heteroatoms. The van der Waals surface area contributed by atoms with Gasteiger partial charge in [-0.3, -0.25) is 4.79 Å². The van der Waals surface area contributed by atoms with Gasteiger partial charge < -0.3 is 10.4 Å². The molecule has 1 aromatic rings. The van der Waals surface area contributed by atoms with Gasteiger partial charge in [0.25, 0.3) is 0 Å². The zero-order valence-corrected chi connectivity index (χ0v) is 9.57. The van der Waals surface area contributed by atoms with Crippen molar-refractivity contribution in [3.8, 4) is 0 Å². The number of benzene rings is 1. The molecular formula is C14H15NO2. The van der Waals surface area contributed by atoms with E-state index in [0.717, 1.165) is 13.0 Å². The van der Waals surface area contributed by atoms with Gasteiger partial charge in [0, 0.05) is 6.54 Å². The van der Waals surface area contributed by atoms with Gasteiger partial charge in [-0.05, 0) is 35.1 Å². The lowest BCUT2D eigenvalue weighted by atomic mass is 9.93. The Bertz CT molecular complexity index is 505. The number of rotatable bonds is 2.